The molecule has 0 unspecified atom stereocenters. The van der Waals surface area contributed by atoms with Crippen LogP contribution >= 0.6 is 0 Å². The molecule has 1 aromatic heterocycles. The monoisotopic (exact) mass is 243 g/mol. The molecule has 0 saturated heterocycles. The van der Waals surface area contributed by atoms with Crippen LogP contribution in [0.15, 0.2) is 30.9 Å². The largest absolute Gasteiger partial charge is 0.341 e. The molecule has 1 aromatic carbocycles. The molecular weight excluding hydrogens is 226 g/mol. The zero-order chi connectivity index (χ0) is 13.3. The zero-order valence-electron chi connectivity index (χ0n) is 10.9. The fraction of sp³-hybridized carbons (Fsp3) is 0.286. The van der Waals surface area contributed by atoms with Crippen LogP contribution in [0.3, 0.4) is 0 Å². The van der Waals surface area contributed by atoms with E-state index in [1.165, 1.54) is 6.08 Å². The van der Waals surface area contributed by atoms with Gasteiger partial charge in [-0.1, -0.05) is 27.4 Å². The maximum atomic E-state index is 11.2. The summed E-state index contributed by atoms with van der Waals surface area (Å²) in [6, 6.07) is 5.59. The van der Waals surface area contributed by atoms with Crippen molar-refractivity contribution in [1.82, 2.24) is 9.97 Å². The lowest BCUT2D eigenvalue weighted by molar-refractivity contribution is -0.111. The average molecular weight is 243 g/mol. The third kappa shape index (κ3) is 2.42. The van der Waals surface area contributed by atoms with Gasteiger partial charge in [0.25, 0.3) is 0 Å². The Morgan fingerprint density at radius 1 is 1.44 bits per heavy atom. The lowest BCUT2D eigenvalue weighted by atomic mass is 9.96. The van der Waals surface area contributed by atoms with E-state index in [0.29, 0.717) is 0 Å². The Hall–Kier alpha value is -2.10. The van der Waals surface area contributed by atoms with Gasteiger partial charge in [-0.05, 0) is 24.3 Å². The molecular formula is C14H17N3O. The number of aromatic nitrogens is 2. The lowest BCUT2D eigenvalue weighted by Crippen LogP contribution is -2.12. The summed E-state index contributed by atoms with van der Waals surface area (Å²) in [5.74, 6) is 0.717. The molecule has 4 nitrogen and oxygen atoms in total. The van der Waals surface area contributed by atoms with Crippen molar-refractivity contribution in [1.29, 1.82) is 0 Å². The number of nitrogens with one attached hydrogen (secondary N) is 2. The number of anilines is 1. The third-order valence-electron chi connectivity index (χ3n) is 2.65. The second kappa shape index (κ2) is 4.29. The number of carbonyl (C=O) groups excluding carboxylic acids is 1. The molecule has 0 aliphatic carbocycles. The van der Waals surface area contributed by atoms with Gasteiger partial charge in [0, 0.05) is 11.1 Å². The standard InChI is InChI=1S/C14H17N3O/c1-5-12(18)15-9-6-7-10-11(8-9)17-13(16-10)14(2,3)4/h5-8H,1H2,2-4H3,(H,15,18)(H,16,17). The fourth-order valence-electron chi connectivity index (χ4n) is 1.64. The molecule has 94 valence electrons. The maximum Gasteiger partial charge on any atom is 0.247 e. The number of imidazole rings is 1. The van der Waals surface area contributed by atoms with Crippen molar-refractivity contribution < 1.29 is 4.79 Å². The predicted molar refractivity (Wildman–Crippen MR) is 73.6 cm³/mol. The highest BCUT2D eigenvalue weighted by Crippen LogP contribution is 2.24. The Bertz CT molecular complexity index is 605. The first kappa shape index (κ1) is 12.4. The van der Waals surface area contributed by atoms with Crippen molar-refractivity contribution in [2.45, 2.75) is 26.2 Å². The highest BCUT2D eigenvalue weighted by atomic mass is 16.1. The number of rotatable bonds is 2. The van der Waals surface area contributed by atoms with Crippen LogP contribution in [-0.2, 0) is 10.2 Å². The molecule has 0 bridgehead atoms. The molecule has 0 radical (unpaired) electrons. The van der Waals surface area contributed by atoms with Gasteiger partial charge in [-0.15, -0.1) is 0 Å². The minimum absolute atomic E-state index is 0.0243. The predicted octanol–water partition coefficient (Wildman–Crippen LogP) is 2.98. The number of carbonyl (C=O) groups is 1. The van der Waals surface area contributed by atoms with Crippen LogP contribution in [0, 0.1) is 0 Å². The van der Waals surface area contributed by atoms with Gasteiger partial charge in [-0.3, -0.25) is 4.79 Å². The van der Waals surface area contributed by atoms with Gasteiger partial charge in [-0.25, -0.2) is 4.98 Å². The Balaban J connectivity index is 2.39. The molecule has 0 fully saturated rings. The number of H-pyrrole nitrogens is 1. The van der Waals surface area contributed by atoms with Crippen molar-refractivity contribution >= 4 is 22.6 Å². The molecule has 0 aliphatic rings. The van der Waals surface area contributed by atoms with E-state index in [0.717, 1.165) is 22.5 Å². The Morgan fingerprint density at radius 2 is 2.17 bits per heavy atom. The Labute approximate surface area is 106 Å². The Kier molecular flexibility index (Phi) is 2.95. The van der Waals surface area contributed by atoms with Crippen molar-refractivity contribution in [3.05, 3.63) is 36.7 Å². The van der Waals surface area contributed by atoms with Crippen LogP contribution in [-0.4, -0.2) is 15.9 Å². The van der Waals surface area contributed by atoms with E-state index >= 15 is 0 Å². The van der Waals surface area contributed by atoms with E-state index in [9.17, 15) is 4.79 Å². The highest BCUT2D eigenvalue weighted by molar-refractivity contribution is 5.99. The molecule has 4 heteroatoms. The van der Waals surface area contributed by atoms with Gasteiger partial charge in [0.2, 0.25) is 5.91 Å². The van der Waals surface area contributed by atoms with Crippen LogP contribution in [0.25, 0.3) is 11.0 Å². The average Bonchev–Trinajstić information content (AvgIpc) is 2.71. The first-order chi connectivity index (χ1) is 8.40. The van der Waals surface area contributed by atoms with Crippen LogP contribution in [0.2, 0.25) is 0 Å². The van der Waals surface area contributed by atoms with Crippen molar-refractivity contribution in [3.8, 4) is 0 Å². The number of amides is 1. The Morgan fingerprint density at radius 3 is 2.78 bits per heavy atom. The molecule has 0 saturated carbocycles. The number of hydrogen-bond acceptors (Lipinski definition) is 2. The number of hydrogen-bond donors (Lipinski definition) is 2. The number of fused-ring (bicyclic) bond motifs is 1. The van der Waals surface area contributed by atoms with Gasteiger partial charge in [-0.2, -0.15) is 0 Å². The van der Waals surface area contributed by atoms with E-state index in [4.69, 9.17) is 0 Å². The second-order valence-corrected chi connectivity index (χ2v) is 5.26. The molecule has 0 atom stereocenters. The summed E-state index contributed by atoms with van der Waals surface area (Å²) in [6.07, 6.45) is 1.25. The second-order valence-electron chi connectivity index (χ2n) is 5.26. The number of nitrogens with zero attached hydrogens (tertiary/aromatic N) is 1. The SMILES string of the molecule is C=CC(=O)Nc1ccc2nc(C(C)(C)C)[nH]c2c1. The molecule has 1 amide bonds. The summed E-state index contributed by atoms with van der Waals surface area (Å²) >= 11 is 0. The van der Waals surface area contributed by atoms with E-state index < -0.39 is 0 Å². The van der Waals surface area contributed by atoms with Crippen LogP contribution in [0.4, 0.5) is 5.69 Å². The smallest absolute Gasteiger partial charge is 0.247 e. The molecule has 2 rings (SSSR count). The van der Waals surface area contributed by atoms with E-state index in [-0.39, 0.29) is 11.3 Å². The summed E-state index contributed by atoms with van der Waals surface area (Å²) in [4.78, 5) is 19.0. The summed E-state index contributed by atoms with van der Waals surface area (Å²) in [6.45, 7) is 9.73. The minimum Gasteiger partial charge on any atom is -0.341 e. The van der Waals surface area contributed by atoms with E-state index in [1.807, 2.05) is 18.2 Å². The molecule has 0 spiro atoms. The fourth-order valence-corrected chi connectivity index (χ4v) is 1.64. The van der Waals surface area contributed by atoms with Gasteiger partial charge in [0.05, 0.1) is 11.0 Å². The normalized spacial score (nSPS) is 11.5. The number of aromatic amines is 1. The quantitative estimate of drug-likeness (QED) is 0.797. The first-order valence-corrected chi connectivity index (χ1v) is 5.84. The molecule has 1 heterocycles. The van der Waals surface area contributed by atoms with Crippen molar-refractivity contribution in [2.24, 2.45) is 0 Å². The van der Waals surface area contributed by atoms with Gasteiger partial charge >= 0.3 is 0 Å². The molecule has 2 N–H and O–H groups in total. The first-order valence-electron chi connectivity index (χ1n) is 5.84. The maximum absolute atomic E-state index is 11.2. The van der Waals surface area contributed by atoms with E-state index in [1.54, 1.807) is 0 Å². The summed E-state index contributed by atoms with van der Waals surface area (Å²) in [5, 5.41) is 2.73. The highest BCUT2D eigenvalue weighted by Gasteiger charge is 2.18. The summed E-state index contributed by atoms with van der Waals surface area (Å²) in [5.41, 5.74) is 2.53. The van der Waals surface area contributed by atoms with Crippen molar-refractivity contribution in [3.63, 3.8) is 0 Å². The van der Waals surface area contributed by atoms with Crippen molar-refractivity contribution in [2.75, 3.05) is 5.32 Å². The number of benzene rings is 1. The van der Waals surface area contributed by atoms with E-state index in [2.05, 4.69) is 42.6 Å². The topological polar surface area (TPSA) is 57.8 Å². The molecule has 18 heavy (non-hydrogen) atoms. The van der Waals surface area contributed by atoms with Crippen LogP contribution < -0.4 is 5.32 Å². The molecule has 2 aromatic rings. The van der Waals surface area contributed by atoms with Gasteiger partial charge in [0.1, 0.15) is 5.82 Å². The zero-order valence-corrected chi connectivity index (χ0v) is 10.9. The third-order valence-corrected chi connectivity index (χ3v) is 2.65. The van der Waals surface area contributed by atoms with Gasteiger partial charge in [0.15, 0.2) is 0 Å². The molecule has 0 aliphatic heterocycles. The van der Waals surface area contributed by atoms with Crippen LogP contribution in [0.5, 0.6) is 0 Å². The van der Waals surface area contributed by atoms with Crippen LogP contribution in [0.1, 0.15) is 26.6 Å². The summed E-state index contributed by atoms with van der Waals surface area (Å²) < 4.78 is 0. The summed E-state index contributed by atoms with van der Waals surface area (Å²) in [7, 11) is 0. The minimum atomic E-state index is -0.218. The van der Waals surface area contributed by atoms with Gasteiger partial charge < -0.3 is 10.3 Å². The lowest BCUT2D eigenvalue weighted by Gasteiger charge is -2.13.